The third-order valence-corrected chi connectivity index (χ3v) is 3.58. The van der Waals surface area contributed by atoms with Crippen molar-refractivity contribution in [2.45, 2.75) is 59.0 Å². The molecule has 1 saturated heterocycles. The fraction of sp³-hybridized carbons (Fsp3) is 0.867. The van der Waals surface area contributed by atoms with E-state index in [1.165, 1.54) is 0 Å². The first kappa shape index (κ1) is 17.0. The summed E-state index contributed by atoms with van der Waals surface area (Å²) in [5, 5.41) is 2.83. The molecule has 1 heterocycles. The van der Waals surface area contributed by atoms with Gasteiger partial charge in [0.15, 0.2) is 0 Å². The second kappa shape index (κ2) is 8.25. The largest absolute Gasteiger partial charge is 0.381 e. The Morgan fingerprint density at radius 1 is 1.25 bits per heavy atom. The molecule has 0 saturated carbocycles. The summed E-state index contributed by atoms with van der Waals surface area (Å²) in [6.07, 6.45) is 2.41. The lowest BCUT2D eigenvalue weighted by Gasteiger charge is -2.40. The zero-order chi connectivity index (χ0) is 15.1. The lowest BCUT2D eigenvalue weighted by atomic mass is 9.96. The molecule has 20 heavy (non-hydrogen) atoms. The van der Waals surface area contributed by atoms with Crippen LogP contribution in [0.1, 0.15) is 47.0 Å². The van der Waals surface area contributed by atoms with Gasteiger partial charge in [-0.15, -0.1) is 0 Å². The molecule has 1 fully saturated rings. The predicted octanol–water partition coefficient (Wildman–Crippen LogP) is 1.56. The molecule has 5 heteroatoms. The van der Waals surface area contributed by atoms with E-state index in [2.05, 4.69) is 12.2 Å². The molecule has 1 N–H and O–H groups in total. The van der Waals surface area contributed by atoms with Gasteiger partial charge in [0, 0.05) is 19.8 Å². The Kier molecular flexibility index (Phi) is 6.99. The first-order valence-corrected chi connectivity index (χ1v) is 7.71. The first-order valence-electron chi connectivity index (χ1n) is 7.71. The maximum atomic E-state index is 12.4. The van der Waals surface area contributed by atoms with Crippen LogP contribution in [-0.2, 0) is 14.3 Å². The van der Waals surface area contributed by atoms with Crippen LogP contribution in [0.5, 0.6) is 0 Å². The average Bonchev–Trinajstić information content (AvgIpc) is 2.41. The summed E-state index contributed by atoms with van der Waals surface area (Å²) in [7, 11) is 0. The van der Waals surface area contributed by atoms with Crippen LogP contribution < -0.4 is 5.32 Å². The minimum Gasteiger partial charge on any atom is -0.381 e. The van der Waals surface area contributed by atoms with Gasteiger partial charge >= 0.3 is 0 Å². The van der Waals surface area contributed by atoms with Gasteiger partial charge in [-0.25, -0.2) is 0 Å². The number of ether oxygens (including phenoxy) is 1. The van der Waals surface area contributed by atoms with Crippen LogP contribution in [0.25, 0.3) is 0 Å². The number of nitrogens with zero attached hydrogens (tertiary/aromatic N) is 1. The van der Waals surface area contributed by atoms with E-state index in [1.54, 1.807) is 4.90 Å². The van der Waals surface area contributed by atoms with Crippen molar-refractivity contribution in [2.75, 3.05) is 19.8 Å². The highest BCUT2D eigenvalue weighted by Gasteiger charge is 2.40. The molecule has 0 aliphatic carbocycles. The van der Waals surface area contributed by atoms with Crippen LogP contribution in [0.4, 0.5) is 0 Å². The first-order chi connectivity index (χ1) is 9.52. The molecule has 2 atom stereocenters. The number of amides is 2. The number of carbonyl (C=O) groups excluding carboxylic acids is 2. The second-order valence-electron chi connectivity index (χ2n) is 5.66. The van der Waals surface area contributed by atoms with Crippen molar-refractivity contribution in [1.29, 1.82) is 0 Å². The Hall–Kier alpha value is -1.10. The predicted molar refractivity (Wildman–Crippen MR) is 78.3 cm³/mol. The molecule has 2 amide bonds. The number of rotatable bonds is 8. The number of piperazine rings is 1. The molecule has 0 aromatic carbocycles. The molecule has 0 bridgehead atoms. The molecular weight excluding hydrogens is 256 g/mol. The zero-order valence-corrected chi connectivity index (χ0v) is 13.1. The number of carbonyl (C=O) groups is 2. The van der Waals surface area contributed by atoms with Crippen molar-refractivity contribution in [3.05, 3.63) is 0 Å². The highest BCUT2D eigenvalue weighted by Crippen LogP contribution is 2.19. The maximum absolute atomic E-state index is 12.4. The summed E-state index contributed by atoms with van der Waals surface area (Å²) in [5.41, 5.74) is 0. The maximum Gasteiger partial charge on any atom is 0.245 e. The highest BCUT2D eigenvalue weighted by atomic mass is 16.5. The standard InChI is InChI=1S/C15H28N2O3/c1-5-9-20-10-7-8-17-13(11(3)4)14(18)16-12(6-2)15(17)19/h11-13H,5-10H2,1-4H3,(H,16,18). The van der Waals surface area contributed by atoms with Crippen LogP contribution in [0.15, 0.2) is 0 Å². The molecule has 0 radical (unpaired) electrons. The van der Waals surface area contributed by atoms with Crippen LogP contribution >= 0.6 is 0 Å². The SMILES string of the molecule is CCCOCCCN1C(=O)C(CC)NC(=O)C1C(C)C. The molecule has 5 nitrogen and oxygen atoms in total. The van der Waals surface area contributed by atoms with Crippen LogP contribution in [0.2, 0.25) is 0 Å². The topological polar surface area (TPSA) is 58.6 Å². The van der Waals surface area contributed by atoms with Crippen molar-refractivity contribution in [3.63, 3.8) is 0 Å². The molecule has 1 aliphatic rings. The normalized spacial score (nSPS) is 23.4. The minimum absolute atomic E-state index is 0.0269. The summed E-state index contributed by atoms with van der Waals surface area (Å²) in [6, 6.07) is -0.717. The van der Waals surface area contributed by atoms with E-state index in [0.717, 1.165) is 19.4 Å². The van der Waals surface area contributed by atoms with Gasteiger partial charge < -0.3 is 15.0 Å². The van der Waals surface area contributed by atoms with E-state index in [1.807, 2.05) is 20.8 Å². The van der Waals surface area contributed by atoms with Crippen LogP contribution in [0, 0.1) is 5.92 Å². The van der Waals surface area contributed by atoms with E-state index in [0.29, 0.717) is 19.6 Å². The summed E-state index contributed by atoms with van der Waals surface area (Å²) in [5.74, 6) is 0.135. The summed E-state index contributed by atoms with van der Waals surface area (Å²) >= 11 is 0. The number of nitrogens with one attached hydrogen (secondary N) is 1. The van der Waals surface area contributed by atoms with Crippen molar-refractivity contribution in [3.8, 4) is 0 Å². The smallest absolute Gasteiger partial charge is 0.245 e. The Morgan fingerprint density at radius 2 is 1.95 bits per heavy atom. The number of hydrogen-bond donors (Lipinski definition) is 1. The Bertz CT molecular complexity index is 331. The van der Waals surface area contributed by atoms with Gasteiger partial charge in [0.25, 0.3) is 0 Å². The number of hydrogen-bond acceptors (Lipinski definition) is 3. The van der Waals surface area contributed by atoms with Gasteiger partial charge in [-0.2, -0.15) is 0 Å². The molecular formula is C15H28N2O3. The van der Waals surface area contributed by atoms with Crippen molar-refractivity contribution >= 4 is 11.8 Å². The van der Waals surface area contributed by atoms with Gasteiger partial charge in [0.2, 0.25) is 11.8 Å². The fourth-order valence-corrected chi connectivity index (χ4v) is 2.57. The zero-order valence-electron chi connectivity index (χ0n) is 13.1. The van der Waals surface area contributed by atoms with Crippen LogP contribution in [-0.4, -0.2) is 48.6 Å². The van der Waals surface area contributed by atoms with Gasteiger partial charge in [0.1, 0.15) is 12.1 Å². The second-order valence-corrected chi connectivity index (χ2v) is 5.66. The Labute approximate surface area is 122 Å². The molecule has 1 rings (SSSR count). The fourth-order valence-electron chi connectivity index (χ4n) is 2.57. The average molecular weight is 284 g/mol. The van der Waals surface area contributed by atoms with Gasteiger partial charge in [-0.3, -0.25) is 9.59 Å². The van der Waals surface area contributed by atoms with Crippen molar-refractivity contribution in [2.24, 2.45) is 5.92 Å². The summed E-state index contributed by atoms with van der Waals surface area (Å²) < 4.78 is 5.45. The lowest BCUT2D eigenvalue weighted by molar-refractivity contribution is -0.151. The van der Waals surface area contributed by atoms with Gasteiger partial charge in [0.05, 0.1) is 0 Å². The highest BCUT2D eigenvalue weighted by molar-refractivity contribution is 5.97. The van der Waals surface area contributed by atoms with Crippen molar-refractivity contribution in [1.82, 2.24) is 10.2 Å². The Balaban J connectivity index is 2.63. The monoisotopic (exact) mass is 284 g/mol. The van der Waals surface area contributed by atoms with E-state index in [4.69, 9.17) is 4.74 Å². The van der Waals surface area contributed by atoms with E-state index in [-0.39, 0.29) is 29.8 Å². The van der Waals surface area contributed by atoms with Crippen LogP contribution in [0.3, 0.4) is 0 Å². The summed E-state index contributed by atoms with van der Waals surface area (Å²) in [6.45, 7) is 9.92. The Morgan fingerprint density at radius 3 is 2.50 bits per heavy atom. The molecule has 0 aromatic heterocycles. The third kappa shape index (κ3) is 4.20. The molecule has 0 spiro atoms. The van der Waals surface area contributed by atoms with Gasteiger partial charge in [-0.05, 0) is 25.2 Å². The molecule has 2 unspecified atom stereocenters. The van der Waals surface area contributed by atoms with Gasteiger partial charge in [-0.1, -0.05) is 27.7 Å². The molecule has 0 aromatic rings. The lowest BCUT2D eigenvalue weighted by Crippen LogP contribution is -2.64. The minimum atomic E-state index is -0.367. The van der Waals surface area contributed by atoms with E-state index >= 15 is 0 Å². The summed E-state index contributed by atoms with van der Waals surface area (Å²) in [4.78, 5) is 26.3. The quantitative estimate of drug-likeness (QED) is 0.688. The van der Waals surface area contributed by atoms with E-state index < -0.39 is 0 Å². The molecule has 1 aliphatic heterocycles. The van der Waals surface area contributed by atoms with E-state index in [9.17, 15) is 9.59 Å². The van der Waals surface area contributed by atoms with Crippen molar-refractivity contribution < 1.29 is 14.3 Å². The third-order valence-electron chi connectivity index (χ3n) is 3.58. The molecule has 116 valence electrons.